The van der Waals surface area contributed by atoms with Gasteiger partial charge in [0.15, 0.2) is 6.23 Å². The predicted molar refractivity (Wildman–Crippen MR) is 46.7 cm³/mol. The second kappa shape index (κ2) is 3.28. The SMILES string of the molecule is NC(O)c1nc(I)c[nH]c1=O. The highest BCUT2D eigenvalue weighted by Crippen LogP contribution is 1.99. The van der Waals surface area contributed by atoms with Gasteiger partial charge in [-0.15, -0.1) is 0 Å². The highest BCUT2D eigenvalue weighted by atomic mass is 127. The second-order valence-electron chi connectivity index (χ2n) is 1.88. The Bertz CT molecular complexity index is 309. The number of H-pyrrole nitrogens is 1. The molecular weight excluding hydrogens is 261 g/mol. The van der Waals surface area contributed by atoms with Crippen LogP contribution in [-0.4, -0.2) is 15.1 Å². The molecule has 0 spiro atoms. The van der Waals surface area contributed by atoms with Crippen molar-refractivity contribution in [2.24, 2.45) is 5.73 Å². The fourth-order valence-electron chi connectivity index (χ4n) is 0.598. The van der Waals surface area contributed by atoms with E-state index in [9.17, 15) is 4.79 Å². The van der Waals surface area contributed by atoms with Crippen molar-refractivity contribution in [3.8, 4) is 0 Å². The zero-order chi connectivity index (χ0) is 8.43. The maximum atomic E-state index is 10.9. The molecule has 0 aliphatic rings. The van der Waals surface area contributed by atoms with E-state index in [1.54, 1.807) is 0 Å². The van der Waals surface area contributed by atoms with Gasteiger partial charge in [0.1, 0.15) is 9.39 Å². The molecule has 1 aromatic heterocycles. The second-order valence-corrected chi connectivity index (χ2v) is 2.99. The molecule has 0 saturated carbocycles. The Morgan fingerprint density at radius 1 is 1.82 bits per heavy atom. The fourth-order valence-corrected chi connectivity index (χ4v) is 1.01. The van der Waals surface area contributed by atoms with Gasteiger partial charge in [0.25, 0.3) is 5.56 Å². The summed E-state index contributed by atoms with van der Waals surface area (Å²) in [6, 6.07) is 0. The van der Waals surface area contributed by atoms with Gasteiger partial charge in [-0.25, -0.2) is 4.98 Å². The molecule has 11 heavy (non-hydrogen) atoms. The van der Waals surface area contributed by atoms with Gasteiger partial charge < -0.3 is 15.8 Å². The molecule has 60 valence electrons. The lowest BCUT2D eigenvalue weighted by atomic mass is 10.4. The summed E-state index contributed by atoms with van der Waals surface area (Å²) in [6.07, 6.45) is 0.128. The maximum Gasteiger partial charge on any atom is 0.273 e. The van der Waals surface area contributed by atoms with Gasteiger partial charge >= 0.3 is 0 Å². The molecule has 0 saturated heterocycles. The number of nitrogens with one attached hydrogen (secondary N) is 1. The number of aromatic nitrogens is 2. The monoisotopic (exact) mass is 267 g/mol. The van der Waals surface area contributed by atoms with Crippen LogP contribution in [0.5, 0.6) is 0 Å². The van der Waals surface area contributed by atoms with Gasteiger partial charge in [0.05, 0.1) is 0 Å². The molecular formula is C5H6IN3O2. The van der Waals surface area contributed by atoms with Crippen molar-refractivity contribution < 1.29 is 5.11 Å². The van der Waals surface area contributed by atoms with Crippen LogP contribution in [0, 0.1) is 3.70 Å². The molecule has 0 fully saturated rings. The van der Waals surface area contributed by atoms with Crippen molar-refractivity contribution in [3.63, 3.8) is 0 Å². The van der Waals surface area contributed by atoms with Gasteiger partial charge in [0, 0.05) is 6.20 Å². The summed E-state index contributed by atoms with van der Waals surface area (Å²) in [6.45, 7) is 0. The average molecular weight is 267 g/mol. The van der Waals surface area contributed by atoms with Crippen molar-refractivity contribution in [2.45, 2.75) is 6.23 Å². The molecule has 1 rings (SSSR count). The van der Waals surface area contributed by atoms with Crippen LogP contribution in [0.15, 0.2) is 11.0 Å². The summed E-state index contributed by atoms with van der Waals surface area (Å²) in [7, 11) is 0. The van der Waals surface area contributed by atoms with Crippen LogP contribution in [0.25, 0.3) is 0 Å². The average Bonchev–Trinajstić information content (AvgIpc) is 1.94. The van der Waals surface area contributed by atoms with Crippen molar-refractivity contribution in [2.75, 3.05) is 0 Å². The molecule has 1 heterocycles. The highest BCUT2D eigenvalue weighted by molar-refractivity contribution is 14.1. The maximum absolute atomic E-state index is 10.9. The molecule has 0 amide bonds. The van der Waals surface area contributed by atoms with E-state index in [1.807, 2.05) is 22.6 Å². The third-order valence-electron chi connectivity index (χ3n) is 1.06. The summed E-state index contributed by atoms with van der Waals surface area (Å²) >= 11 is 1.91. The molecule has 4 N–H and O–H groups in total. The standard InChI is InChI=1S/C5H6IN3O2/c6-2-1-8-5(11)3(9-2)4(7)10/h1,4,10H,7H2,(H,8,11). The minimum Gasteiger partial charge on any atom is -0.373 e. The Balaban J connectivity index is 3.24. The molecule has 5 nitrogen and oxygen atoms in total. The van der Waals surface area contributed by atoms with Crippen LogP contribution in [0.3, 0.4) is 0 Å². The first-order valence-corrected chi connectivity index (χ1v) is 3.88. The van der Waals surface area contributed by atoms with Gasteiger partial charge in [-0.2, -0.15) is 0 Å². The number of aromatic amines is 1. The van der Waals surface area contributed by atoms with E-state index in [1.165, 1.54) is 6.20 Å². The van der Waals surface area contributed by atoms with Crippen molar-refractivity contribution in [1.29, 1.82) is 0 Å². The van der Waals surface area contributed by atoms with Crippen LogP contribution >= 0.6 is 22.6 Å². The third-order valence-corrected chi connectivity index (χ3v) is 1.62. The summed E-state index contributed by atoms with van der Waals surface area (Å²) in [5.41, 5.74) is 4.54. The van der Waals surface area contributed by atoms with Gasteiger partial charge in [-0.1, -0.05) is 0 Å². The normalized spacial score (nSPS) is 13.0. The lowest BCUT2D eigenvalue weighted by Crippen LogP contribution is -2.23. The number of nitrogens with two attached hydrogens (primary N) is 1. The third kappa shape index (κ3) is 1.98. The Kier molecular flexibility index (Phi) is 2.58. The lowest BCUT2D eigenvalue weighted by molar-refractivity contribution is 0.179. The number of aliphatic hydroxyl groups excluding tert-OH is 1. The van der Waals surface area contributed by atoms with Crippen LogP contribution < -0.4 is 11.3 Å². The van der Waals surface area contributed by atoms with Gasteiger partial charge in [-0.05, 0) is 22.6 Å². The zero-order valence-electron chi connectivity index (χ0n) is 5.41. The van der Waals surface area contributed by atoms with Crippen LogP contribution in [0.4, 0.5) is 0 Å². The highest BCUT2D eigenvalue weighted by Gasteiger charge is 2.07. The van der Waals surface area contributed by atoms with E-state index >= 15 is 0 Å². The van der Waals surface area contributed by atoms with Crippen molar-refractivity contribution in [3.05, 3.63) is 25.9 Å². The van der Waals surface area contributed by atoms with E-state index in [4.69, 9.17) is 10.8 Å². The molecule has 0 aromatic carbocycles. The number of rotatable bonds is 1. The Morgan fingerprint density at radius 3 is 2.91 bits per heavy atom. The van der Waals surface area contributed by atoms with Crippen molar-refractivity contribution >= 4 is 22.6 Å². The first kappa shape index (κ1) is 8.62. The van der Waals surface area contributed by atoms with E-state index < -0.39 is 11.8 Å². The number of halogens is 1. The van der Waals surface area contributed by atoms with Crippen molar-refractivity contribution in [1.82, 2.24) is 9.97 Å². The number of hydrogen-bond donors (Lipinski definition) is 3. The fraction of sp³-hybridized carbons (Fsp3) is 0.200. The Hall–Kier alpha value is -0.470. The molecule has 0 aliphatic carbocycles. The zero-order valence-corrected chi connectivity index (χ0v) is 7.57. The van der Waals surface area contributed by atoms with Gasteiger partial charge in [-0.3, -0.25) is 4.79 Å². The van der Waals surface area contributed by atoms with Gasteiger partial charge in [0.2, 0.25) is 0 Å². The molecule has 1 atom stereocenters. The van der Waals surface area contributed by atoms with Crippen LogP contribution in [0.2, 0.25) is 0 Å². The lowest BCUT2D eigenvalue weighted by Gasteiger charge is -2.00. The topological polar surface area (TPSA) is 92.0 Å². The summed E-state index contributed by atoms with van der Waals surface area (Å²) in [5.74, 6) is 0. The van der Waals surface area contributed by atoms with E-state index in [0.717, 1.165) is 0 Å². The first-order chi connectivity index (χ1) is 5.11. The van der Waals surface area contributed by atoms with Crippen LogP contribution in [0.1, 0.15) is 11.9 Å². The quantitative estimate of drug-likeness (QED) is 0.464. The Labute approximate surface area is 75.8 Å². The summed E-state index contributed by atoms with van der Waals surface area (Å²) in [5, 5.41) is 8.82. The molecule has 0 bridgehead atoms. The minimum absolute atomic E-state index is 0.0584. The summed E-state index contributed by atoms with van der Waals surface area (Å²) in [4.78, 5) is 17.0. The molecule has 1 aromatic rings. The summed E-state index contributed by atoms with van der Waals surface area (Å²) < 4.78 is 0.585. The molecule has 0 aliphatic heterocycles. The first-order valence-electron chi connectivity index (χ1n) is 2.80. The molecule has 1 unspecified atom stereocenters. The number of hydrogen-bond acceptors (Lipinski definition) is 4. The number of aliphatic hydroxyl groups is 1. The number of nitrogens with zero attached hydrogens (tertiary/aromatic N) is 1. The smallest absolute Gasteiger partial charge is 0.273 e. The molecule has 6 heteroatoms. The molecule has 0 radical (unpaired) electrons. The van der Waals surface area contributed by atoms with E-state index in [-0.39, 0.29) is 5.69 Å². The van der Waals surface area contributed by atoms with E-state index in [0.29, 0.717) is 3.70 Å². The Morgan fingerprint density at radius 2 is 2.45 bits per heavy atom. The van der Waals surface area contributed by atoms with Crippen LogP contribution in [-0.2, 0) is 0 Å². The largest absolute Gasteiger partial charge is 0.373 e. The van der Waals surface area contributed by atoms with E-state index in [2.05, 4.69) is 9.97 Å². The predicted octanol–water partition coefficient (Wildman–Crippen LogP) is -0.676. The minimum atomic E-state index is -1.31.